The molecule has 9 nitrogen and oxygen atoms in total. The molecule has 0 radical (unpaired) electrons. The molecular weight excluding hydrogens is 442 g/mol. The Morgan fingerprint density at radius 1 is 1.18 bits per heavy atom. The topological polar surface area (TPSA) is 121 Å². The molecule has 170 valence electrons. The number of nitrogens with zero attached hydrogens (tertiary/aromatic N) is 6. The summed E-state index contributed by atoms with van der Waals surface area (Å²) in [5, 5.41) is 23.4. The number of amides is 1. The first kappa shape index (κ1) is 22.5. The third kappa shape index (κ3) is 4.86. The van der Waals surface area contributed by atoms with Crippen molar-refractivity contribution in [1.29, 1.82) is 5.26 Å². The lowest BCUT2D eigenvalue weighted by Gasteiger charge is -2.14. The Labute approximate surface area is 193 Å². The molecule has 0 unspecified atom stereocenters. The van der Waals surface area contributed by atoms with E-state index in [0.29, 0.717) is 35.6 Å². The highest BCUT2D eigenvalue weighted by molar-refractivity contribution is 5.95. The fourth-order valence-electron chi connectivity index (χ4n) is 3.24. The van der Waals surface area contributed by atoms with Gasteiger partial charge in [-0.2, -0.15) is 5.26 Å². The first-order valence-corrected chi connectivity index (χ1v) is 10.1. The Morgan fingerprint density at radius 2 is 2.03 bits per heavy atom. The molecule has 2 heterocycles. The molecule has 4 aromatic rings. The zero-order valence-corrected chi connectivity index (χ0v) is 17.9. The standard InChI is InChI=1S/C23H18F2N8O/c1-33-21(31-32-22(33)19-7-8-27-13-29-19)12-28-16-4-2-3-14(9-16)23(34)30-20(11-26)17-6-5-15(24)10-18(17)25/h2-10,13,20,28H,12H2,1H3,(H,30,34)/t20-/m0/s1. The predicted molar refractivity (Wildman–Crippen MR) is 118 cm³/mol. The fourth-order valence-corrected chi connectivity index (χ4v) is 3.24. The lowest BCUT2D eigenvalue weighted by atomic mass is 10.1. The Bertz CT molecular complexity index is 1370. The maximum absolute atomic E-state index is 14.0. The molecule has 2 aromatic carbocycles. The molecule has 0 aliphatic rings. The van der Waals surface area contributed by atoms with Crippen molar-refractivity contribution in [1.82, 2.24) is 30.0 Å². The SMILES string of the molecule is Cn1c(CNc2cccc(C(=O)N[C@@H](C#N)c3ccc(F)cc3F)c2)nnc1-c1ccncn1. The molecule has 1 atom stereocenters. The number of nitrogens with one attached hydrogen (secondary N) is 2. The molecule has 34 heavy (non-hydrogen) atoms. The van der Waals surface area contributed by atoms with Gasteiger partial charge in [0.05, 0.1) is 12.6 Å². The van der Waals surface area contributed by atoms with Gasteiger partial charge in [0.2, 0.25) is 0 Å². The number of hydrogen-bond acceptors (Lipinski definition) is 7. The second kappa shape index (κ2) is 9.83. The summed E-state index contributed by atoms with van der Waals surface area (Å²) in [6.45, 7) is 0.321. The van der Waals surface area contributed by atoms with Crippen molar-refractivity contribution in [3.8, 4) is 17.6 Å². The number of benzene rings is 2. The van der Waals surface area contributed by atoms with Crippen LogP contribution in [0.15, 0.2) is 61.1 Å². The van der Waals surface area contributed by atoms with Crippen molar-refractivity contribution in [2.45, 2.75) is 12.6 Å². The van der Waals surface area contributed by atoms with Gasteiger partial charge in [0.25, 0.3) is 5.91 Å². The summed E-state index contributed by atoms with van der Waals surface area (Å²) in [7, 11) is 1.81. The summed E-state index contributed by atoms with van der Waals surface area (Å²) in [6.07, 6.45) is 3.05. The molecular formula is C23H18F2N8O. The normalized spacial score (nSPS) is 11.5. The van der Waals surface area contributed by atoms with Gasteiger partial charge in [0, 0.05) is 36.1 Å². The average molecular weight is 460 g/mol. The minimum absolute atomic E-state index is 0.117. The molecule has 0 aliphatic heterocycles. The number of rotatable bonds is 7. The smallest absolute Gasteiger partial charge is 0.252 e. The first-order valence-electron chi connectivity index (χ1n) is 10.1. The summed E-state index contributed by atoms with van der Waals surface area (Å²) in [6, 6.07) is 11.7. The van der Waals surface area contributed by atoms with E-state index in [1.165, 1.54) is 6.33 Å². The minimum Gasteiger partial charge on any atom is -0.378 e. The van der Waals surface area contributed by atoms with Crippen LogP contribution in [0.3, 0.4) is 0 Å². The van der Waals surface area contributed by atoms with Crippen LogP contribution < -0.4 is 10.6 Å². The number of carbonyl (C=O) groups excluding carboxylic acids is 1. The first-order chi connectivity index (χ1) is 16.5. The zero-order chi connectivity index (χ0) is 24.1. The van der Waals surface area contributed by atoms with Crippen LogP contribution in [0.1, 0.15) is 27.8 Å². The minimum atomic E-state index is -1.27. The molecule has 0 saturated carbocycles. The van der Waals surface area contributed by atoms with E-state index in [1.54, 1.807) is 41.1 Å². The van der Waals surface area contributed by atoms with Gasteiger partial charge in [0.15, 0.2) is 11.6 Å². The molecule has 4 rings (SSSR count). The van der Waals surface area contributed by atoms with E-state index < -0.39 is 23.6 Å². The highest BCUT2D eigenvalue weighted by Crippen LogP contribution is 2.20. The van der Waals surface area contributed by atoms with Crippen molar-refractivity contribution in [3.05, 3.63) is 89.6 Å². The van der Waals surface area contributed by atoms with Gasteiger partial charge in [-0.25, -0.2) is 18.7 Å². The van der Waals surface area contributed by atoms with Crippen molar-refractivity contribution in [2.75, 3.05) is 5.32 Å². The zero-order valence-electron chi connectivity index (χ0n) is 17.9. The largest absolute Gasteiger partial charge is 0.378 e. The maximum Gasteiger partial charge on any atom is 0.252 e. The van der Waals surface area contributed by atoms with Crippen LogP contribution in [-0.2, 0) is 13.6 Å². The number of aromatic nitrogens is 5. The lowest BCUT2D eigenvalue weighted by molar-refractivity contribution is 0.0944. The fraction of sp³-hybridized carbons (Fsp3) is 0.130. The Hall–Kier alpha value is -4.72. The van der Waals surface area contributed by atoms with Gasteiger partial charge in [0.1, 0.15) is 29.7 Å². The van der Waals surface area contributed by atoms with E-state index in [9.17, 15) is 18.8 Å². The van der Waals surface area contributed by atoms with Crippen LogP contribution in [-0.4, -0.2) is 30.6 Å². The number of nitriles is 1. The Morgan fingerprint density at radius 3 is 2.76 bits per heavy atom. The summed E-state index contributed by atoms with van der Waals surface area (Å²) in [5.41, 5.74) is 1.40. The van der Waals surface area contributed by atoms with E-state index >= 15 is 0 Å². The van der Waals surface area contributed by atoms with Crippen molar-refractivity contribution in [2.24, 2.45) is 7.05 Å². The predicted octanol–water partition coefficient (Wildman–Crippen LogP) is 3.16. The lowest BCUT2D eigenvalue weighted by Crippen LogP contribution is -2.28. The van der Waals surface area contributed by atoms with E-state index in [2.05, 4.69) is 30.8 Å². The molecule has 0 aliphatic carbocycles. The van der Waals surface area contributed by atoms with E-state index in [4.69, 9.17) is 0 Å². The monoisotopic (exact) mass is 460 g/mol. The van der Waals surface area contributed by atoms with Crippen molar-refractivity contribution in [3.63, 3.8) is 0 Å². The summed E-state index contributed by atoms with van der Waals surface area (Å²) >= 11 is 0. The second-order valence-electron chi connectivity index (χ2n) is 7.23. The van der Waals surface area contributed by atoms with Gasteiger partial charge >= 0.3 is 0 Å². The van der Waals surface area contributed by atoms with Crippen LogP contribution in [0.2, 0.25) is 0 Å². The Balaban J connectivity index is 1.44. The quantitative estimate of drug-likeness (QED) is 0.434. The van der Waals surface area contributed by atoms with Crippen LogP contribution in [0.5, 0.6) is 0 Å². The summed E-state index contributed by atoms with van der Waals surface area (Å²) < 4.78 is 29.0. The van der Waals surface area contributed by atoms with E-state index in [1.807, 2.05) is 13.1 Å². The van der Waals surface area contributed by atoms with Crippen LogP contribution >= 0.6 is 0 Å². The molecule has 2 N–H and O–H groups in total. The molecule has 0 saturated heterocycles. The van der Waals surface area contributed by atoms with Crippen molar-refractivity contribution < 1.29 is 13.6 Å². The molecule has 0 fully saturated rings. The number of carbonyl (C=O) groups is 1. The molecule has 0 bridgehead atoms. The number of hydrogen-bond donors (Lipinski definition) is 2. The third-order valence-corrected chi connectivity index (χ3v) is 5.03. The van der Waals surface area contributed by atoms with Gasteiger partial charge in [-0.05, 0) is 30.3 Å². The van der Waals surface area contributed by atoms with Crippen LogP contribution in [0, 0.1) is 23.0 Å². The second-order valence-corrected chi connectivity index (χ2v) is 7.23. The van der Waals surface area contributed by atoms with Gasteiger partial charge in [-0.1, -0.05) is 12.1 Å². The number of halogens is 2. The summed E-state index contributed by atoms with van der Waals surface area (Å²) in [5.74, 6) is -1.03. The van der Waals surface area contributed by atoms with Gasteiger partial charge < -0.3 is 15.2 Å². The van der Waals surface area contributed by atoms with E-state index in [0.717, 1.165) is 12.1 Å². The molecule has 0 spiro atoms. The van der Waals surface area contributed by atoms with Gasteiger partial charge in [-0.15, -0.1) is 10.2 Å². The molecule has 11 heteroatoms. The van der Waals surface area contributed by atoms with Crippen molar-refractivity contribution >= 4 is 11.6 Å². The van der Waals surface area contributed by atoms with Gasteiger partial charge in [-0.3, -0.25) is 4.79 Å². The summed E-state index contributed by atoms with van der Waals surface area (Å²) in [4.78, 5) is 20.7. The van der Waals surface area contributed by atoms with E-state index in [-0.39, 0.29) is 11.1 Å². The number of anilines is 1. The third-order valence-electron chi connectivity index (χ3n) is 5.03. The highest BCUT2D eigenvalue weighted by Gasteiger charge is 2.19. The highest BCUT2D eigenvalue weighted by atomic mass is 19.1. The molecule has 2 aromatic heterocycles. The average Bonchev–Trinajstić information content (AvgIpc) is 3.22. The van der Waals surface area contributed by atoms with Crippen LogP contribution in [0.4, 0.5) is 14.5 Å². The van der Waals surface area contributed by atoms with Crippen LogP contribution in [0.25, 0.3) is 11.5 Å². The molecule has 1 amide bonds. The Kier molecular flexibility index (Phi) is 6.49. The maximum atomic E-state index is 14.0.